The number of carbonyl (C=O) groups is 1. The van der Waals surface area contributed by atoms with Crippen molar-refractivity contribution in [2.45, 2.75) is 11.8 Å². The van der Waals surface area contributed by atoms with Gasteiger partial charge in [-0.15, -0.1) is 12.6 Å². The molecule has 0 heterocycles. The first kappa shape index (κ1) is 9.92. The Morgan fingerprint density at radius 1 is 1.62 bits per heavy atom. The van der Waals surface area contributed by atoms with Crippen molar-refractivity contribution in [2.24, 2.45) is 0 Å². The van der Waals surface area contributed by atoms with Gasteiger partial charge in [-0.1, -0.05) is 0 Å². The Balaban J connectivity index is 2.90. The molecule has 13 heavy (non-hydrogen) atoms. The first-order valence-corrected chi connectivity index (χ1v) is 4.46. The van der Waals surface area contributed by atoms with E-state index >= 15 is 0 Å². The number of benzene rings is 1. The zero-order valence-electron chi connectivity index (χ0n) is 7.37. The zero-order chi connectivity index (χ0) is 9.84. The molecule has 70 valence electrons. The number of thiol groups is 1. The third-order valence-electron chi connectivity index (χ3n) is 1.63. The molecule has 0 saturated heterocycles. The lowest BCUT2D eigenvalue weighted by atomic mass is 10.2. The molecule has 4 heteroatoms. The summed E-state index contributed by atoms with van der Waals surface area (Å²) in [7, 11) is 0. The van der Waals surface area contributed by atoms with Crippen LogP contribution in [-0.4, -0.2) is 12.5 Å². The van der Waals surface area contributed by atoms with Crippen LogP contribution in [0.1, 0.15) is 17.3 Å². The van der Waals surface area contributed by atoms with Crippen molar-refractivity contribution in [2.75, 3.05) is 12.3 Å². The van der Waals surface area contributed by atoms with Gasteiger partial charge in [-0.2, -0.15) is 0 Å². The van der Waals surface area contributed by atoms with Crippen LogP contribution in [0.5, 0.6) is 0 Å². The van der Waals surface area contributed by atoms with Crippen molar-refractivity contribution < 1.29 is 4.79 Å². The second-order valence-corrected chi connectivity index (χ2v) is 3.11. The Labute approximate surface area is 82.7 Å². The number of nitrogens with two attached hydrogens (primary N) is 1. The summed E-state index contributed by atoms with van der Waals surface area (Å²) in [5.41, 5.74) is 6.69. The molecule has 1 rings (SSSR count). The minimum Gasteiger partial charge on any atom is -0.398 e. The van der Waals surface area contributed by atoms with Crippen LogP contribution in [0.4, 0.5) is 5.69 Å². The maximum atomic E-state index is 11.3. The molecule has 0 saturated carbocycles. The van der Waals surface area contributed by atoms with Gasteiger partial charge in [0.1, 0.15) is 0 Å². The van der Waals surface area contributed by atoms with Gasteiger partial charge in [0.25, 0.3) is 5.91 Å². The van der Waals surface area contributed by atoms with Crippen LogP contribution in [-0.2, 0) is 0 Å². The third-order valence-corrected chi connectivity index (χ3v) is 2.03. The van der Waals surface area contributed by atoms with E-state index in [4.69, 9.17) is 5.73 Å². The lowest BCUT2D eigenvalue weighted by Crippen LogP contribution is -2.22. The molecule has 0 aliphatic rings. The first-order valence-electron chi connectivity index (χ1n) is 4.02. The molecule has 0 aliphatic carbocycles. The van der Waals surface area contributed by atoms with E-state index in [1.807, 2.05) is 6.92 Å². The van der Waals surface area contributed by atoms with E-state index in [2.05, 4.69) is 17.9 Å². The van der Waals surface area contributed by atoms with Crippen LogP contribution < -0.4 is 11.1 Å². The van der Waals surface area contributed by atoms with Crippen LogP contribution >= 0.6 is 12.6 Å². The maximum Gasteiger partial charge on any atom is 0.251 e. The highest BCUT2D eigenvalue weighted by atomic mass is 32.1. The molecule has 0 fully saturated rings. The number of nitrogens with one attached hydrogen (secondary N) is 1. The zero-order valence-corrected chi connectivity index (χ0v) is 8.27. The first-order chi connectivity index (χ1) is 6.15. The topological polar surface area (TPSA) is 55.1 Å². The molecular weight excluding hydrogens is 184 g/mol. The van der Waals surface area contributed by atoms with Gasteiger partial charge in [-0.25, -0.2) is 0 Å². The van der Waals surface area contributed by atoms with Gasteiger partial charge in [0.2, 0.25) is 0 Å². The quantitative estimate of drug-likeness (QED) is 0.493. The molecule has 1 amide bonds. The highest BCUT2D eigenvalue weighted by Crippen LogP contribution is 2.17. The summed E-state index contributed by atoms with van der Waals surface area (Å²) in [6.07, 6.45) is 0. The van der Waals surface area contributed by atoms with Crippen LogP contribution in [0.15, 0.2) is 23.1 Å². The van der Waals surface area contributed by atoms with Crippen LogP contribution in [0.2, 0.25) is 0 Å². The summed E-state index contributed by atoms with van der Waals surface area (Å²) in [5, 5.41) is 2.69. The van der Waals surface area contributed by atoms with Crippen molar-refractivity contribution in [3.63, 3.8) is 0 Å². The second-order valence-electron chi connectivity index (χ2n) is 2.63. The van der Waals surface area contributed by atoms with Gasteiger partial charge in [0.15, 0.2) is 0 Å². The van der Waals surface area contributed by atoms with E-state index in [0.717, 1.165) is 0 Å². The Morgan fingerprint density at radius 3 is 2.85 bits per heavy atom. The summed E-state index contributed by atoms with van der Waals surface area (Å²) in [4.78, 5) is 12.0. The average molecular weight is 196 g/mol. The largest absolute Gasteiger partial charge is 0.398 e. The van der Waals surface area contributed by atoms with Gasteiger partial charge >= 0.3 is 0 Å². The summed E-state index contributed by atoms with van der Waals surface area (Å²) >= 11 is 4.11. The Kier molecular flexibility index (Phi) is 3.19. The highest BCUT2D eigenvalue weighted by molar-refractivity contribution is 7.80. The third kappa shape index (κ3) is 2.39. The molecular formula is C9H12N2OS. The average Bonchev–Trinajstić information content (AvgIpc) is 2.10. The minimum atomic E-state index is -0.109. The second kappa shape index (κ2) is 4.18. The molecule has 0 bridgehead atoms. The van der Waals surface area contributed by atoms with Gasteiger partial charge in [-0.05, 0) is 25.1 Å². The number of anilines is 1. The van der Waals surface area contributed by atoms with Crippen molar-refractivity contribution in [1.29, 1.82) is 0 Å². The summed E-state index contributed by atoms with van der Waals surface area (Å²) < 4.78 is 0. The predicted molar refractivity (Wildman–Crippen MR) is 56.1 cm³/mol. The standard InChI is InChI=1S/C9H12N2OS/c1-2-11-9(12)6-3-4-8(13)7(10)5-6/h3-5,13H,2,10H2,1H3,(H,11,12). The van der Waals surface area contributed by atoms with Crippen molar-refractivity contribution >= 4 is 24.2 Å². The van der Waals surface area contributed by atoms with Crippen LogP contribution in [0.25, 0.3) is 0 Å². The fourth-order valence-electron chi connectivity index (χ4n) is 0.958. The normalized spacial score (nSPS) is 9.69. The van der Waals surface area contributed by atoms with Gasteiger partial charge < -0.3 is 11.1 Å². The molecule has 1 aromatic carbocycles. The van der Waals surface area contributed by atoms with E-state index in [-0.39, 0.29) is 5.91 Å². The number of hydrogen-bond donors (Lipinski definition) is 3. The fraction of sp³-hybridized carbons (Fsp3) is 0.222. The minimum absolute atomic E-state index is 0.109. The number of rotatable bonds is 2. The smallest absolute Gasteiger partial charge is 0.251 e. The van der Waals surface area contributed by atoms with Crippen molar-refractivity contribution in [3.05, 3.63) is 23.8 Å². The number of hydrogen-bond acceptors (Lipinski definition) is 3. The fourth-order valence-corrected chi connectivity index (χ4v) is 1.10. The van der Waals surface area contributed by atoms with E-state index < -0.39 is 0 Å². The lowest BCUT2D eigenvalue weighted by Gasteiger charge is -2.04. The SMILES string of the molecule is CCNC(=O)c1ccc(S)c(N)c1. The molecule has 0 unspecified atom stereocenters. The molecule has 3 nitrogen and oxygen atoms in total. The maximum absolute atomic E-state index is 11.3. The summed E-state index contributed by atoms with van der Waals surface area (Å²) in [5.74, 6) is -0.109. The molecule has 0 spiro atoms. The van der Waals surface area contributed by atoms with E-state index in [1.54, 1.807) is 18.2 Å². The summed E-state index contributed by atoms with van der Waals surface area (Å²) in [6, 6.07) is 5.03. The Morgan fingerprint density at radius 2 is 2.31 bits per heavy atom. The van der Waals surface area contributed by atoms with Gasteiger partial charge in [0.05, 0.1) is 0 Å². The van der Waals surface area contributed by atoms with E-state index in [9.17, 15) is 4.79 Å². The van der Waals surface area contributed by atoms with Crippen molar-refractivity contribution in [3.8, 4) is 0 Å². The Hall–Kier alpha value is -1.16. The van der Waals surface area contributed by atoms with E-state index in [0.29, 0.717) is 22.7 Å². The molecule has 1 aromatic rings. The lowest BCUT2D eigenvalue weighted by molar-refractivity contribution is 0.0956. The van der Waals surface area contributed by atoms with Gasteiger partial charge in [-0.3, -0.25) is 4.79 Å². The summed E-state index contributed by atoms with van der Waals surface area (Å²) in [6.45, 7) is 2.48. The molecule has 0 aliphatic heterocycles. The molecule has 0 radical (unpaired) electrons. The predicted octanol–water partition coefficient (Wildman–Crippen LogP) is 1.31. The van der Waals surface area contributed by atoms with Crippen LogP contribution in [0, 0.1) is 0 Å². The molecule has 0 atom stereocenters. The van der Waals surface area contributed by atoms with E-state index in [1.165, 1.54) is 0 Å². The van der Waals surface area contributed by atoms with Crippen LogP contribution in [0.3, 0.4) is 0 Å². The number of carbonyl (C=O) groups excluding carboxylic acids is 1. The Bertz CT molecular complexity index is 325. The number of nitrogen functional groups attached to an aromatic ring is 1. The van der Waals surface area contributed by atoms with Crippen molar-refractivity contribution in [1.82, 2.24) is 5.32 Å². The highest BCUT2D eigenvalue weighted by Gasteiger charge is 2.04. The molecule has 3 N–H and O–H groups in total. The van der Waals surface area contributed by atoms with Gasteiger partial charge in [0, 0.05) is 22.7 Å². The number of amides is 1. The molecule has 0 aromatic heterocycles. The monoisotopic (exact) mass is 196 g/mol.